The molecule has 1 atom stereocenters. The van der Waals surface area contributed by atoms with Crippen molar-refractivity contribution in [2.45, 2.75) is 68.5 Å². The van der Waals surface area contributed by atoms with Gasteiger partial charge in [0.2, 0.25) is 0 Å². The maximum atomic E-state index is 15.6. The van der Waals surface area contributed by atoms with Crippen molar-refractivity contribution in [3.8, 4) is 0 Å². The highest BCUT2D eigenvalue weighted by Crippen LogP contribution is 2.72. The molecule has 0 spiro atoms. The lowest BCUT2D eigenvalue weighted by Crippen LogP contribution is -2.82. The minimum absolute atomic E-state index is 0.0498. The van der Waals surface area contributed by atoms with Crippen LogP contribution in [0.25, 0.3) is 0 Å². The molecule has 3 nitrogen and oxygen atoms in total. The molecule has 2 aromatic carbocycles. The first-order valence-electron chi connectivity index (χ1n) is 11.0. The summed E-state index contributed by atoms with van der Waals surface area (Å²) >= 11 is 0. The standard InChI is InChI=1S/C24H21F11N2O/c1-4-13-10-16(9-11(2)17(13)37-18(38)15-7-5-14(6-8-15)12(3)36)19(25)20(26,27)22(30,31)24(34,35)23(32,33)21(19,28)29/h5-10,12H,4,36H2,1-3H3,(H,37,38). The molecular formula is C24H21F11N2O. The lowest BCUT2D eigenvalue weighted by molar-refractivity contribution is -0.489. The third-order valence-electron chi connectivity index (χ3n) is 6.58. The van der Waals surface area contributed by atoms with Gasteiger partial charge in [-0.2, -0.15) is 43.9 Å². The van der Waals surface area contributed by atoms with Gasteiger partial charge in [-0.25, -0.2) is 4.39 Å². The molecule has 3 rings (SSSR count). The minimum atomic E-state index is -7.30. The molecule has 2 aromatic rings. The second-order valence-electron chi connectivity index (χ2n) is 9.08. The number of rotatable bonds is 5. The van der Waals surface area contributed by atoms with Crippen molar-refractivity contribution in [2.75, 3.05) is 5.32 Å². The maximum Gasteiger partial charge on any atom is 0.384 e. The fraction of sp³-hybridized carbons (Fsp3) is 0.458. The van der Waals surface area contributed by atoms with Crippen LogP contribution in [-0.4, -0.2) is 35.5 Å². The molecule has 1 aliphatic rings. The van der Waals surface area contributed by atoms with Crippen molar-refractivity contribution >= 4 is 11.6 Å². The number of aryl methyl sites for hydroxylation is 2. The molecule has 1 saturated carbocycles. The van der Waals surface area contributed by atoms with Gasteiger partial charge in [-0.1, -0.05) is 31.2 Å². The largest absolute Gasteiger partial charge is 0.384 e. The smallest absolute Gasteiger partial charge is 0.324 e. The molecule has 1 unspecified atom stereocenters. The molecule has 0 radical (unpaired) electrons. The number of hydrogen-bond acceptors (Lipinski definition) is 2. The second-order valence-corrected chi connectivity index (χ2v) is 9.08. The number of benzene rings is 2. The Bertz CT molecular complexity index is 1210. The Kier molecular flexibility index (Phi) is 6.88. The van der Waals surface area contributed by atoms with Crippen molar-refractivity contribution in [3.63, 3.8) is 0 Å². The van der Waals surface area contributed by atoms with Gasteiger partial charge in [-0.15, -0.1) is 0 Å². The first-order valence-corrected chi connectivity index (χ1v) is 11.0. The predicted octanol–water partition coefficient (Wildman–Crippen LogP) is 7.18. The average Bonchev–Trinajstić information content (AvgIpc) is 2.83. The highest BCUT2D eigenvalue weighted by molar-refractivity contribution is 6.05. The first kappa shape index (κ1) is 29.7. The van der Waals surface area contributed by atoms with Crippen LogP contribution in [0.2, 0.25) is 0 Å². The molecule has 0 saturated heterocycles. The van der Waals surface area contributed by atoms with Crippen LogP contribution in [0.15, 0.2) is 36.4 Å². The average molecular weight is 562 g/mol. The Morgan fingerprint density at radius 2 is 1.26 bits per heavy atom. The normalized spacial score (nSPS) is 22.9. The molecule has 1 aliphatic carbocycles. The highest BCUT2D eigenvalue weighted by Gasteiger charge is 3.01. The van der Waals surface area contributed by atoms with Crippen molar-refractivity contribution in [3.05, 3.63) is 64.2 Å². The molecule has 0 aliphatic heterocycles. The maximum absolute atomic E-state index is 15.6. The van der Waals surface area contributed by atoms with Crippen molar-refractivity contribution in [2.24, 2.45) is 5.73 Å². The minimum Gasteiger partial charge on any atom is -0.324 e. The number of anilines is 1. The number of hydrogen-bond donors (Lipinski definition) is 2. The number of nitrogens with one attached hydrogen (secondary N) is 1. The zero-order chi connectivity index (χ0) is 29.3. The van der Waals surface area contributed by atoms with E-state index in [0.717, 1.165) is 6.92 Å². The quantitative estimate of drug-likeness (QED) is 0.380. The van der Waals surface area contributed by atoms with Gasteiger partial charge in [-0.05, 0) is 49.1 Å². The van der Waals surface area contributed by atoms with Crippen LogP contribution in [0.3, 0.4) is 0 Å². The third kappa shape index (κ3) is 3.62. The van der Waals surface area contributed by atoms with E-state index in [2.05, 4.69) is 5.32 Å². The van der Waals surface area contributed by atoms with Crippen molar-refractivity contribution in [1.29, 1.82) is 0 Å². The molecule has 3 N–H and O–H groups in total. The summed E-state index contributed by atoms with van der Waals surface area (Å²) in [7, 11) is 0. The van der Waals surface area contributed by atoms with Gasteiger partial charge in [-0.3, -0.25) is 4.79 Å². The van der Waals surface area contributed by atoms with Crippen LogP contribution in [0, 0.1) is 6.92 Å². The topological polar surface area (TPSA) is 55.1 Å². The van der Waals surface area contributed by atoms with E-state index in [0.29, 0.717) is 5.56 Å². The Hall–Kier alpha value is -2.90. The predicted molar refractivity (Wildman–Crippen MR) is 115 cm³/mol. The number of amides is 1. The fourth-order valence-electron chi connectivity index (χ4n) is 4.22. The summed E-state index contributed by atoms with van der Waals surface area (Å²) in [6.07, 6.45) is -0.329. The van der Waals surface area contributed by atoms with Crippen LogP contribution in [0.1, 0.15) is 52.5 Å². The highest BCUT2D eigenvalue weighted by atomic mass is 19.4. The zero-order valence-corrected chi connectivity index (χ0v) is 19.9. The summed E-state index contributed by atoms with van der Waals surface area (Å²) < 4.78 is 157. The van der Waals surface area contributed by atoms with Crippen molar-refractivity contribution in [1.82, 2.24) is 0 Å². The van der Waals surface area contributed by atoms with E-state index < -0.39 is 57.9 Å². The molecular weight excluding hydrogens is 541 g/mol. The van der Waals surface area contributed by atoms with Gasteiger partial charge in [0, 0.05) is 22.9 Å². The van der Waals surface area contributed by atoms with E-state index >= 15 is 4.39 Å². The monoisotopic (exact) mass is 562 g/mol. The van der Waals surface area contributed by atoms with E-state index in [1.165, 1.54) is 31.2 Å². The van der Waals surface area contributed by atoms with Gasteiger partial charge < -0.3 is 11.1 Å². The molecule has 1 amide bonds. The molecule has 0 aromatic heterocycles. The van der Waals surface area contributed by atoms with Gasteiger partial charge in [0.1, 0.15) is 0 Å². The Labute approximate surface area is 209 Å². The lowest BCUT2D eigenvalue weighted by atomic mass is 9.68. The van der Waals surface area contributed by atoms with E-state index in [4.69, 9.17) is 5.73 Å². The summed E-state index contributed by atoms with van der Waals surface area (Å²) in [5.74, 6) is -36.5. The first-order chi connectivity index (χ1) is 17.1. The van der Waals surface area contributed by atoms with Crippen LogP contribution in [0.4, 0.5) is 54.0 Å². The van der Waals surface area contributed by atoms with E-state index in [1.54, 1.807) is 6.92 Å². The summed E-state index contributed by atoms with van der Waals surface area (Å²) in [4.78, 5) is 12.7. The van der Waals surface area contributed by atoms with E-state index in [9.17, 15) is 48.7 Å². The Balaban J connectivity index is 2.16. The molecule has 14 heteroatoms. The summed E-state index contributed by atoms with van der Waals surface area (Å²) in [6, 6.07) is 5.65. The van der Waals surface area contributed by atoms with Crippen molar-refractivity contribution < 1.29 is 53.1 Å². The Morgan fingerprint density at radius 1 is 0.816 bits per heavy atom. The number of carbonyl (C=O) groups is 1. The molecule has 210 valence electrons. The third-order valence-corrected chi connectivity index (χ3v) is 6.58. The SMILES string of the molecule is CCc1cc(C2(F)C(F)(F)C(F)(F)C(F)(F)C(F)(F)C2(F)F)cc(C)c1NC(=O)c1ccc(C(C)N)cc1. The number of alkyl halides is 11. The number of halogens is 11. The lowest BCUT2D eigenvalue weighted by Gasteiger charge is -2.52. The van der Waals surface area contributed by atoms with Crippen LogP contribution >= 0.6 is 0 Å². The van der Waals surface area contributed by atoms with E-state index in [-0.39, 0.29) is 35.8 Å². The summed E-state index contributed by atoms with van der Waals surface area (Å²) in [6.45, 7) is 3.91. The van der Waals surface area contributed by atoms with Gasteiger partial charge in [0.25, 0.3) is 11.6 Å². The number of carbonyl (C=O) groups excluding carboxylic acids is 1. The van der Waals surface area contributed by atoms with Crippen LogP contribution in [-0.2, 0) is 12.1 Å². The second kappa shape index (κ2) is 8.82. The van der Waals surface area contributed by atoms with Crippen LogP contribution in [0.5, 0.6) is 0 Å². The molecule has 1 fully saturated rings. The molecule has 0 heterocycles. The van der Waals surface area contributed by atoms with Gasteiger partial charge in [0.05, 0.1) is 0 Å². The molecule has 38 heavy (non-hydrogen) atoms. The van der Waals surface area contributed by atoms with Crippen LogP contribution < -0.4 is 11.1 Å². The summed E-state index contributed by atoms with van der Waals surface area (Å²) in [5.41, 5.74) is -3.02. The molecule has 0 bridgehead atoms. The zero-order valence-electron chi connectivity index (χ0n) is 19.9. The Morgan fingerprint density at radius 3 is 1.68 bits per heavy atom. The summed E-state index contributed by atoms with van der Waals surface area (Å²) in [5, 5.41) is 2.34. The van der Waals surface area contributed by atoms with Gasteiger partial charge >= 0.3 is 29.6 Å². The fourth-order valence-corrected chi connectivity index (χ4v) is 4.22. The van der Waals surface area contributed by atoms with Gasteiger partial charge in [0.15, 0.2) is 0 Å². The van der Waals surface area contributed by atoms with E-state index in [1.807, 2.05) is 0 Å². The number of nitrogens with two attached hydrogens (primary N) is 1.